The Morgan fingerprint density at radius 1 is 1.15 bits per heavy atom. The molecule has 3 heteroatoms. The Hall–Kier alpha value is -1.38. The van der Waals surface area contributed by atoms with Crippen LogP contribution in [0.1, 0.15) is 36.6 Å². The van der Waals surface area contributed by atoms with Crippen LogP contribution in [0.2, 0.25) is 5.02 Å². The summed E-state index contributed by atoms with van der Waals surface area (Å²) in [5.74, 6) is 0.0294. The Morgan fingerprint density at radius 3 is 2.55 bits per heavy atom. The van der Waals surface area contributed by atoms with Gasteiger partial charge in [0.25, 0.3) is 0 Å². The van der Waals surface area contributed by atoms with E-state index in [1.165, 1.54) is 6.07 Å². The molecule has 0 bridgehead atoms. The van der Waals surface area contributed by atoms with E-state index >= 15 is 0 Å². The highest BCUT2D eigenvalue weighted by atomic mass is 35.5. The predicted molar refractivity (Wildman–Crippen MR) is 80.5 cm³/mol. The van der Waals surface area contributed by atoms with Crippen LogP contribution in [0.25, 0.3) is 0 Å². The molecule has 1 atom stereocenters. The van der Waals surface area contributed by atoms with Gasteiger partial charge in [-0.25, -0.2) is 4.39 Å². The van der Waals surface area contributed by atoms with Crippen molar-refractivity contribution in [3.63, 3.8) is 0 Å². The molecule has 0 aliphatic heterocycles. The summed E-state index contributed by atoms with van der Waals surface area (Å²) < 4.78 is 13.5. The Kier molecular flexibility index (Phi) is 4.79. The maximum atomic E-state index is 13.5. The van der Waals surface area contributed by atoms with Gasteiger partial charge in [-0.3, -0.25) is 0 Å². The summed E-state index contributed by atoms with van der Waals surface area (Å²) in [5, 5.41) is 10.4. The molecule has 2 aromatic rings. The summed E-state index contributed by atoms with van der Waals surface area (Å²) >= 11 is 5.93. The van der Waals surface area contributed by atoms with E-state index in [1.807, 2.05) is 24.3 Å². The average molecular weight is 293 g/mol. The van der Waals surface area contributed by atoms with Crippen LogP contribution in [-0.4, -0.2) is 5.11 Å². The summed E-state index contributed by atoms with van der Waals surface area (Å²) in [5.41, 5.74) is 2.29. The zero-order valence-electron chi connectivity index (χ0n) is 11.6. The highest BCUT2D eigenvalue weighted by Gasteiger charge is 2.16. The molecule has 0 radical (unpaired) electrons. The van der Waals surface area contributed by atoms with E-state index in [2.05, 4.69) is 13.8 Å². The fourth-order valence-corrected chi connectivity index (χ4v) is 2.50. The van der Waals surface area contributed by atoms with E-state index in [9.17, 15) is 9.50 Å². The third-order valence-corrected chi connectivity index (χ3v) is 3.59. The topological polar surface area (TPSA) is 20.2 Å². The molecule has 1 unspecified atom stereocenters. The lowest BCUT2D eigenvalue weighted by molar-refractivity contribution is 0.220. The summed E-state index contributed by atoms with van der Waals surface area (Å²) in [6.45, 7) is 4.29. The van der Waals surface area contributed by atoms with Crippen LogP contribution in [0.4, 0.5) is 4.39 Å². The lowest BCUT2D eigenvalue weighted by Crippen LogP contribution is -2.03. The van der Waals surface area contributed by atoms with Crippen LogP contribution < -0.4 is 0 Å². The molecular formula is C17H18ClFO. The maximum absolute atomic E-state index is 13.5. The van der Waals surface area contributed by atoms with Gasteiger partial charge in [0.1, 0.15) is 11.9 Å². The quantitative estimate of drug-likeness (QED) is 0.861. The zero-order chi connectivity index (χ0) is 14.7. The maximum Gasteiger partial charge on any atom is 0.142 e. The smallest absolute Gasteiger partial charge is 0.142 e. The Morgan fingerprint density at radius 2 is 1.85 bits per heavy atom. The van der Waals surface area contributed by atoms with Crippen LogP contribution in [0, 0.1) is 11.7 Å². The van der Waals surface area contributed by atoms with E-state index in [4.69, 9.17) is 11.6 Å². The van der Waals surface area contributed by atoms with Gasteiger partial charge < -0.3 is 5.11 Å². The number of hydrogen-bond acceptors (Lipinski definition) is 1. The molecule has 0 aliphatic carbocycles. The van der Waals surface area contributed by atoms with Gasteiger partial charge in [0.15, 0.2) is 0 Å². The van der Waals surface area contributed by atoms with Crippen molar-refractivity contribution >= 4 is 11.6 Å². The molecule has 2 rings (SSSR count). The van der Waals surface area contributed by atoms with E-state index in [-0.39, 0.29) is 5.02 Å². The van der Waals surface area contributed by atoms with Gasteiger partial charge in [-0.2, -0.15) is 0 Å². The lowest BCUT2D eigenvalue weighted by Gasteiger charge is -2.15. The minimum Gasteiger partial charge on any atom is -0.384 e. The van der Waals surface area contributed by atoms with E-state index < -0.39 is 11.9 Å². The minimum atomic E-state index is -0.912. The first-order chi connectivity index (χ1) is 9.49. The Balaban J connectivity index is 2.33. The van der Waals surface area contributed by atoms with Crippen LogP contribution in [0.3, 0.4) is 0 Å². The second kappa shape index (κ2) is 6.38. The first kappa shape index (κ1) is 15.0. The van der Waals surface area contributed by atoms with Gasteiger partial charge in [-0.15, -0.1) is 0 Å². The number of hydrogen-bond donors (Lipinski definition) is 1. The van der Waals surface area contributed by atoms with Crippen molar-refractivity contribution in [2.24, 2.45) is 5.92 Å². The summed E-state index contributed by atoms with van der Waals surface area (Å²) in [6.07, 6.45) is 0.0302. The van der Waals surface area contributed by atoms with Crippen LogP contribution in [0.5, 0.6) is 0 Å². The highest BCUT2D eigenvalue weighted by molar-refractivity contribution is 6.31. The highest BCUT2D eigenvalue weighted by Crippen LogP contribution is 2.30. The van der Waals surface area contributed by atoms with Crippen molar-refractivity contribution in [2.45, 2.75) is 26.4 Å². The fourth-order valence-electron chi connectivity index (χ4n) is 2.27. The molecule has 0 amide bonds. The third kappa shape index (κ3) is 3.38. The van der Waals surface area contributed by atoms with E-state index in [1.54, 1.807) is 12.1 Å². The van der Waals surface area contributed by atoms with Crippen molar-refractivity contribution in [3.8, 4) is 0 Å². The molecule has 0 heterocycles. The van der Waals surface area contributed by atoms with Gasteiger partial charge >= 0.3 is 0 Å². The summed E-state index contributed by atoms with van der Waals surface area (Å²) in [4.78, 5) is 0. The number of halogens is 2. The van der Waals surface area contributed by atoms with Gasteiger partial charge in [0.2, 0.25) is 0 Å². The fraction of sp³-hybridized carbons (Fsp3) is 0.294. The summed E-state index contributed by atoms with van der Waals surface area (Å²) in [6, 6.07) is 12.2. The molecule has 2 aromatic carbocycles. The molecule has 106 valence electrons. The molecule has 1 nitrogen and oxygen atoms in total. The average Bonchev–Trinajstić information content (AvgIpc) is 2.41. The Bertz CT molecular complexity index is 595. The number of aliphatic hydroxyl groups is 1. The molecule has 20 heavy (non-hydrogen) atoms. The molecule has 0 aliphatic rings. The van der Waals surface area contributed by atoms with E-state index in [0.29, 0.717) is 11.5 Å². The van der Waals surface area contributed by atoms with Crippen molar-refractivity contribution in [1.82, 2.24) is 0 Å². The van der Waals surface area contributed by atoms with Crippen molar-refractivity contribution in [3.05, 3.63) is 70.0 Å². The molecule has 0 spiro atoms. The molecule has 0 saturated heterocycles. The monoisotopic (exact) mass is 292 g/mol. The minimum absolute atomic E-state index is 0.0192. The molecule has 0 fully saturated rings. The molecule has 0 aromatic heterocycles. The summed E-state index contributed by atoms with van der Waals surface area (Å²) in [7, 11) is 0. The SMILES string of the molecule is CC(C)Cc1cccc(C(O)c2cccc(F)c2Cl)c1. The van der Waals surface area contributed by atoms with Gasteiger partial charge in [0.05, 0.1) is 5.02 Å². The number of benzene rings is 2. The van der Waals surface area contributed by atoms with Crippen LogP contribution >= 0.6 is 11.6 Å². The second-order valence-corrected chi connectivity index (χ2v) is 5.77. The standard InChI is InChI=1S/C17H18ClFO/c1-11(2)9-12-5-3-6-13(10-12)17(20)14-7-4-8-15(19)16(14)18/h3-8,10-11,17,20H,9H2,1-2H3. The van der Waals surface area contributed by atoms with Crippen LogP contribution in [-0.2, 0) is 6.42 Å². The number of aliphatic hydroxyl groups excluding tert-OH is 1. The number of rotatable bonds is 4. The zero-order valence-corrected chi connectivity index (χ0v) is 12.4. The van der Waals surface area contributed by atoms with Gasteiger partial charge in [-0.1, -0.05) is 61.8 Å². The molecular weight excluding hydrogens is 275 g/mol. The van der Waals surface area contributed by atoms with Crippen molar-refractivity contribution in [1.29, 1.82) is 0 Å². The first-order valence-corrected chi connectivity index (χ1v) is 7.07. The third-order valence-electron chi connectivity index (χ3n) is 3.19. The second-order valence-electron chi connectivity index (χ2n) is 5.39. The lowest BCUT2D eigenvalue weighted by atomic mass is 9.96. The normalized spacial score (nSPS) is 12.7. The Labute approximate surface area is 124 Å². The first-order valence-electron chi connectivity index (χ1n) is 6.70. The predicted octanol–water partition coefficient (Wildman–Crippen LogP) is 4.76. The van der Waals surface area contributed by atoms with Gasteiger partial charge in [0, 0.05) is 5.56 Å². The van der Waals surface area contributed by atoms with Crippen molar-refractivity contribution < 1.29 is 9.50 Å². The molecule has 1 N–H and O–H groups in total. The van der Waals surface area contributed by atoms with Crippen molar-refractivity contribution in [2.75, 3.05) is 0 Å². The van der Waals surface area contributed by atoms with Crippen LogP contribution in [0.15, 0.2) is 42.5 Å². The largest absolute Gasteiger partial charge is 0.384 e. The van der Waals surface area contributed by atoms with E-state index in [0.717, 1.165) is 17.5 Å². The molecule has 0 saturated carbocycles. The van der Waals surface area contributed by atoms with Gasteiger partial charge in [-0.05, 0) is 29.5 Å².